The van der Waals surface area contributed by atoms with E-state index in [0.29, 0.717) is 29.8 Å². The van der Waals surface area contributed by atoms with E-state index in [9.17, 15) is 14.0 Å². The van der Waals surface area contributed by atoms with Crippen molar-refractivity contribution in [3.63, 3.8) is 0 Å². The van der Waals surface area contributed by atoms with Crippen molar-refractivity contribution in [3.05, 3.63) is 23.5 Å². The number of carbonyl (C=O) groups is 2. The summed E-state index contributed by atoms with van der Waals surface area (Å²) in [5, 5.41) is 17.9. The van der Waals surface area contributed by atoms with Gasteiger partial charge in [0.1, 0.15) is 5.82 Å². The van der Waals surface area contributed by atoms with Gasteiger partial charge >= 0.3 is 5.97 Å². The Morgan fingerprint density at radius 1 is 1.11 bits per heavy atom. The lowest BCUT2D eigenvalue weighted by Crippen LogP contribution is -2.27. The van der Waals surface area contributed by atoms with Gasteiger partial charge in [-0.2, -0.15) is 0 Å². The fourth-order valence-electron chi connectivity index (χ4n) is 3.42. The van der Waals surface area contributed by atoms with Gasteiger partial charge in [-0.05, 0) is 50.2 Å². The van der Waals surface area contributed by atoms with Crippen molar-refractivity contribution in [3.8, 4) is 0 Å². The number of rotatable bonds is 10. The molecule has 27 heavy (non-hydrogen) atoms. The Morgan fingerprint density at radius 3 is 2.52 bits per heavy atom. The molecule has 0 heterocycles. The van der Waals surface area contributed by atoms with Crippen LogP contribution < -0.4 is 16.0 Å². The molecule has 4 N–H and O–H groups in total. The molecule has 3 rings (SSSR count). The van der Waals surface area contributed by atoms with Crippen molar-refractivity contribution >= 4 is 23.3 Å². The van der Waals surface area contributed by atoms with E-state index < -0.39 is 11.8 Å². The Hall–Kier alpha value is -2.31. The summed E-state index contributed by atoms with van der Waals surface area (Å²) in [6.07, 6.45) is 7.09. The Morgan fingerprint density at radius 2 is 1.85 bits per heavy atom. The van der Waals surface area contributed by atoms with Crippen LogP contribution in [0.3, 0.4) is 0 Å². The van der Waals surface area contributed by atoms with Gasteiger partial charge < -0.3 is 21.1 Å². The van der Waals surface area contributed by atoms with Gasteiger partial charge in [-0.1, -0.05) is 12.8 Å². The third kappa shape index (κ3) is 5.84. The molecule has 148 valence electrons. The largest absolute Gasteiger partial charge is 0.481 e. The number of carbonyl (C=O) groups excluding carboxylic acids is 1. The van der Waals surface area contributed by atoms with E-state index in [-0.39, 0.29) is 24.4 Å². The van der Waals surface area contributed by atoms with Crippen LogP contribution in [0.2, 0.25) is 0 Å². The molecule has 1 amide bonds. The number of halogens is 1. The Bertz CT molecular complexity index is 685. The maximum absolute atomic E-state index is 14.5. The molecule has 0 aromatic heterocycles. The fourth-order valence-corrected chi connectivity index (χ4v) is 3.42. The standard InChI is InChI=1S/C20H28FN3O3/c21-16-10-15(20(27)22-9-3-6-19(25)26)17(24-14-4-1-2-5-14)11-18(16)23-12-13-7-8-13/h10-11,13-14,23-24H,1-9,12H2,(H,22,27)(H,25,26). The van der Waals surface area contributed by atoms with E-state index in [2.05, 4.69) is 16.0 Å². The normalized spacial score (nSPS) is 16.9. The van der Waals surface area contributed by atoms with Gasteiger partial charge in [0, 0.05) is 31.2 Å². The third-order valence-electron chi connectivity index (χ3n) is 5.20. The highest BCUT2D eigenvalue weighted by molar-refractivity contribution is 6.00. The molecule has 0 bridgehead atoms. The lowest BCUT2D eigenvalue weighted by atomic mass is 10.1. The first kappa shape index (κ1) is 19.5. The number of carboxylic acid groups (broad SMARTS) is 1. The summed E-state index contributed by atoms with van der Waals surface area (Å²) in [5.74, 6) is -1.10. The minimum atomic E-state index is -0.898. The van der Waals surface area contributed by atoms with E-state index >= 15 is 0 Å². The van der Waals surface area contributed by atoms with Crippen LogP contribution in [0.1, 0.15) is 61.7 Å². The molecule has 2 aliphatic carbocycles. The number of carboxylic acids is 1. The molecule has 0 spiro atoms. The zero-order valence-corrected chi connectivity index (χ0v) is 15.5. The van der Waals surface area contributed by atoms with Crippen molar-refractivity contribution in [2.75, 3.05) is 23.7 Å². The number of hydrogen-bond donors (Lipinski definition) is 4. The Balaban J connectivity index is 1.71. The minimum Gasteiger partial charge on any atom is -0.481 e. The van der Waals surface area contributed by atoms with Crippen molar-refractivity contribution in [2.45, 2.75) is 57.4 Å². The fraction of sp³-hybridized carbons (Fsp3) is 0.600. The zero-order valence-electron chi connectivity index (χ0n) is 15.5. The number of hydrogen-bond acceptors (Lipinski definition) is 4. The highest BCUT2D eigenvalue weighted by atomic mass is 19.1. The average Bonchev–Trinajstić information content (AvgIpc) is 3.33. The number of anilines is 2. The first-order valence-corrected chi connectivity index (χ1v) is 9.87. The monoisotopic (exact) mass is 377 g/mol. The molecule has 0 atom stereocenters. The van der Waals surface area contributed by atoms with Crippen LogP contribution in [0.25, 0.3) is 0 Å². The van der Waals surface area contributed by atoms with Crippen molar-refractivity contribution in [2.24, 2.45) is 5.92 Å². The molecular formula is C20H28FN3O3. The summed E-state index contributed by atoms with van der Waals surface area (Å²) in [5.41, 5.74) is 1.33. The lowest BCUT2D eigenvalue weighted by molar-refractivity contribution is -0.137. The SMILES string of the molecule is O=C(O)CCCNC(=O)c1cc(F)c(NCC2CC2)cc1NC1CCCC1. The lowest BCUT2D eigenvalue weighted by Gasteiger charge is -2.19. The molecule has 0 saturated heterocycles. The summed E-state index contributed by atoms with van der Waals surface area (Å²) < 4.78 is 14.5. The van der Waals surface area contributed by atoms with Crippen LogP contribution in [0.15, 0.2) is 12.1 Å². The van der Waals surface area contributed by atoms with E-state index in [1.54, 1.807) is 6.07 Å². The van der Waals surface area contributed by atoms with Crippen LogP contribution in [0, 0.1) is 11.7 Å². The summed E-state index contributed by atoms with van der Waals surface area (Å²) in [6, 6.07) is 3.27. The molecule has 0 unspecified atom stereocenters. The van der Waals surface area contributed by atoms with Gasteiger partial charge in [-0.15, -0.1) is 0 Å². The summed E-state index contributed by atoms with van der Waals surface area (Å²) in [6.45, 7) is 0.998. The molecule has 2 fully saturated rings. The maximum Gasteiger partial charge on any atom is 0.303 e. The molecule has 2 aliphatic rings. The van der Waals surface area contributed by atoms with Crippen molar-refractivity contribution in [1.29, 1.82) is 0 Å². The first-order chi connectivity index (χ1) is 13.0. The van der Waals surface area contributed by atoms with E-state index in [1.807, 2.05) is 0 Å². The first-order valence-electron chi connectivity index (χ1n) is 9.87. The Kier molecular flexibility index (Phi) is 6.53. The van der Waals surface area contributed by atoms with E-state index in [4.69, 9.17) is 5.11 Å². The van der Waals surface area contributed by atoms with Crippen LogP contribution in [0.4, 0.5) is 15.8 Å². The van der Waals surface area contributed by atoms with E-state index in [1.165, 1.54) is 18.9 Å². The number of amides is 1. The Labute approximate surface area is 158 Å². The van der Waals surface area contributed by atoms with Gasteiger partial charge in [0.15, 0.2) is 0 Å². The summed E-state index contributed by atoms with van der Waals surface area (Å²) >= 11 is 0. The topological polar surface area (TPSA) is 90.5 Å². The minimum absolute atomic E-state index is 0.00809. The number of aliphatic carboxylic acids is 1. The van der Waals surface area contributed by atoms with Gasteiger partial charge in [-0.3, -0.25) is 9.59 Å². The van der Waals surface area contributed by atoms with Crippen LogP contribution in [0.5, 0.6) is 0 Å². The molecular weight excluding hydrogens is 349 g/mol. The molecule has 1 aromatic carbocycles. The van der Waals surface area contributed by atoms with Gasteiger partial charge in [0.25, 0.3) is 5.91 Å². The second-order valence-electron chi connectivity index (χ2n) is 7.58. The van der Waals surface area contributed by atoms with Crippen LogP contribution in [-0.2, 0) is 4.79 Å². The zero-order chi connectivity index (χ0) is 19.2. The third-order valence-corrected chi connectivity index (χ3v) is 5.20. The molecule has 7 heteroatoms. The van der Waals surface area contributed by atoms with Crippen molar-refractivity contribution in [1.82, 2.24) is 5.32 Å². The average molecular weight is 377 g/mol. The smallest absolute Gasteiger partial charge is 0.303 e. The molecule has 1 aromatic rings. The number of nitrogens with one attached hydrogen (secondary N) is 3. The van der Waals surface area contributed by atoms with Crippen LogP contribution in [-0.4, -0.2) is 36.1 Å². The maximum atomic E-state index is 14.5. The molecule has 6 nitrogen and oxygen atoms in total. The number of benzene rings is 1. The second kappa shape index (κ2) is 9.06. The van der Waals surface area contributed by atoms with E-state index in [0.717, 1.165) is 32.2 Å². The van der Waals surface area contributed by atoms with Crippen molar-refractivity contribution < 1.29 is 19.1 Å². The molecule has 2 saturated carbocycles. The van der Waals surface area contributed by atoms with Gasteiger partial charge in [0.05, 0.1) is 11.3 Å². The predicted molar refractivity (Wildman–Crippen MR) is 103 cm³/mol. The van der Waals surface area contributed by atoms with Crippen LogP contribution >= 0.6 is 0 Å². The second-order valence-corrected chi connectivity index (χ2v) is 7.58. The highest BCUT2D eigenvalue weighted by Crippen LogP contribution is 2.32. The molecule has 0 aliphatic heterocycles. The molecule has 0 radical (unpaired) electrons. The summed E-state index contributed by atoms with van der Waals surface area (Å²) in [4.78, 5) is 23.1. The predicted octanol–water partition coefficient (Wildman–Crippen LogP) is 3.60. The van der Waals surface area contributed by atoms with Gasteiger partial charge in [-0.25, -0.2) is 4.39 Å². The highest BCUT2D eigenvalue weighted by Gasteiger charge is 2.23. The quantitative estimate of drug-likeness (QED) is 0.468. The summed E-state index contributed by atoms with van der Waals surface area (Å²) in [7, 11) is 0. The van der Waals surface area contributed by atoms with Gasteiger partial charge in [0.2, 0.25) is 0 Å².